The molecule has 324 valence electrons. The van der Waals surface area contributed by atoms with E-state index in [0.29, 0.717) is 6.26 Å². The zero-order valence-corrected chi connectivity index (χ0v) is 46.4. The Hall–Kier alpha value is -4.08. The van der Waals surface area contributed by atoms with Crippen molar-refractivity contribution in [2.75, 3.05) is 0 Å². The molecule has 65 heavy (non-hydrogen) atoms. The van der Waals surface area contributed by atoms with E-state index in [2.05, 4.69) is 295 Å². The van der Waals surface area contributed by atoms with Gasteiger partial charge in [0.15, 0.2) is 0 Å². The molecule has 9 aromatic rings. The average molecular weight is 1300 g/mol. The Kier molecular flexibility index (Phi) is 24.7. The first-order valence-corrected chi connectivity index (χ1v) is 34.6. The van der Waals surface area contributed by atoms with E-state index in [1.807, 2.05) is 17.3 Å². The molecule has 9 rings (SSSR count). The van der Waals surface area contributed by atoms with Crippen LogP contribution in [0.15, 0.2) is 291 Å². The summed E-state index contributed by atoms with van der Waals surface area (Å²) in [5, 5.41) is 9.50. The van der Waals surface area contributed by atoms with E-state index in [1.165, 1.54) is 31.6 Å². The monoisotopic (exact) mass is 1300 g/mol. The number of hydrogen-bond donors (Lipinski definition) is 0. The fourth-order valence-electron chi connectivity index (χ4n) is 6.60. The van der Waals surface area contributed by atoms with Crippen LogP contribution in [0, 0.1) is 6.08 Å². The van der Waals surface area contributed by atoms with E-state index in [1.54, 1.807) is 0 Å². The number of rotatable bonds is 10. The third-order valence-electron chi connectivity index (χ3n) is 9.35. The van der Waals surface area contributed by atoms with Crippen molar-refractivity contribution in [2.45, 2.75) is 0 Å². The predicted octanol–water partition coefficient (Wildman–Crippen LogP) is 7.71. The van der Waals surface area contributed by atoms with Gasteiger partial charge in [0.05, 0.1) is 0 Å². The van der Waals surface area contributed by atoms with E-state index >= 15 is 0 Å². The molecule has 0 radical (unpaired) electrons. The Morgan fingerprint density at radius 2 is 0.446 bits per heavy atom. The molecule has 0 saturated carbocycles. The quantitative estimate of drug-likeness (QED) is 0.0597. The average Bonchev–Trinajstić information content (AvgIpc) is 3.38. The molecule has 1 nitrogen and oxygen atoms in total. The Labute approximate surface area is 427 Å². The van der Waals surface area contributed by atoms with Gasteiger partial charge in [-0.25, -0.2) is 18.9 Å². The van der Waals surface area contributed by atoms with Crippen LogP contribution in [0.25, 0.3) is 0 Å². The topological polar surface area (TPSA) is 23.1 Å². The summed E-state index contributed by atoms with van der Waals surface area (Å²) in [6.07, 6.45) is 2.57. The van der Waals surface area contributed by atoms with Gasteiger partial charge in [-0.05, 0) is 0 Å². The van der Waals surface area contributed by atoms with Crippen LogP contribution in [0.2, 0.25) is 0 Å². The second kappa shape index (κ2) is 31.0. The van der Waals surface area contributed by atoms with Gasteiger partial charge >= 0.3 is 392 Å². The van der Waals surface area contributed by atoms with Gasteiger partial charge in [0.2, 0.25) is 0 Å². The van der Waals surface area contributed by atoms with Crippen LogP contribution in [0.5, 0.6) is 0 Å². The summed E-state index contributed by atoms with van der Waals surface area (Å²) < 4.78 is 13.6. The molecule has 0 aliphatic carbocycles. The molecular weight excluding hydrogens is 1250 g/mol. The van der Waals surface area contributed by atoms with Gasteiger partial charge < -0.3 is 5.11 Å². The number of hydrogen-bond acceptors (Lipinski definition) is 1. The molecule has 0 amide bonds. The molecule has 0 saturated heterocycles. The van der Waals surface area contributed by atoms with Crippen LogP contribution in [0.1, 0.15) is 0 Å². The van der Waals surface area contributed by atoms with Crippen molar-refractivity contribution in [1.82, 2.24) is 0 Å². The van der Waals surface area contributed by atoms with E-state index in [4.69, 9.17) is 11.6 Å². The standard InChI is InChI=1S/9C6H5.C4H4ClO.ClH.Rh.3Sb/c9*1-2-4-6-5-3-1;1-4(5)2-3-6;;;;;/h9*1-5H;3,6H,1H2;1H;;;;/q;;;;;;;;;-1;;+3;;;/p-2. The summed E-state index contributed by atoms with van der Waals surface area (Å²) in [5.41, 5.74) is 0. The van der Waals surface area contributed by atoms with Crippen molar-refractivity contribution in [1.29, 1.82) is 0 Å². The zero-order chi connectivity index (χ0) is 45.7. The van der Waals surface area contributed by atoms with Gasteiger partial charge in [-0.15, -0.1) is 16.6 Å². The molecule has 0 fully saturated rings. The number of benzene rings is 9. The van der Waals surface area contributed by atoms with Crippen LogP contribution in [-0.2, 0) is 17.3 Å². The Morgan fingerprint density at radius 3 is 0.523 bits per heavy atom. The first kappa shape index (κ1) is 51.9. The maximum atomic E-state index is 9.36. The molecule has 0 aromatic heterocycles. The van der Waals surface area contributed by atoms with Gasteiger partial charge in [-0.3, -0.25) is 0 Å². The number of allylic oxidation sites excluding steroid dienone is 2. The molecule has 7 heteroatoms. The third kappa shape index (κ3) is 17.6. The van der Waals surface area contributed by atoms with Crippen LogP contribution in [0.4, 0.5) is 0 Å². The van der Waals surface area contributed by atoms with Gasteiger partial charge in [0.25, 0.3) is 0 Å². The van der Waals surface area contributed by atoms with Crippen molar-refractivity contribution in [3.63, 3.8) is 0 Å². The molecule has 0 spiro atoms. The third-order valence-corrected chi connectivity index (χ3v) is 30.4. The molecule has 0 heterocycles. The fraction of sp³-hybridized carbons (Fsp3) is 0. The molecule has 9 aromatic carbocycles. The summed E-state index contributed by atoms with van der Waals surface area (Å²) >= 11 is 1.58. The van der Waals surface area contributed by atoms with Crippen molar-refractivity contribution in [3.05, 3.63) is 297 Å². The normalized spacial score (nSPS) is 10.2. The maximum absolute atomic E-state index is 9.36. The fourth-order valence-corrected chi connectivity index (χ4v) is 26.4. The van der Waals surface area contributed by atoms with Gasteiger partial charge in [0, 0.05) is 0 Å². The van der Waals surface area contributed by atoms with Crippen molar-refractivity contribution in [3.8, 4) is 0 Å². The Morgan fingerprint density at radius 1 is 0.323 bits per heavy atom. The second-order valence-electron chi connectivity index (χ2n) is 13.7. The first-order chi connectivity index (χ1) is 32.1. The minimum absolute atomic E-state index is 0.144. The molecular formula is C58H48Cl2ORhSb3. The zero-order valence-electron chi connectivity index (χ0n) is 35.6. The SMILES string of the molecule is C=C(Cl)[C-]=C[O-].[Cl][Rh+2].c1cc[c]([Sb]([c]2ccccc2)[c]2ccccc2)cc1.c1cc[c]([Sb]([c]2ccccc2)[c]2ccccc2)cc1.c1cc[c]([Sb]([c]2ccccc2)[c]2ccccc2)cc1. The number of halogens is 2. The molecule has 0 unspecified atom stereocenters. The summed E-state index contributed by atoms with van der Waals surface area (Å²) in [6, 6.07) is 98.6. The summed E-state index contributed by atoms with van der Waals surface area (Å²) in [6.45, 7) is 3.17. The predicted molar refractivity (Wildman–Crippen MR) is 281 cm³/mol. The van der Waals surface area contributed by atoms with E-state index in [-0.39, 0.29) is 5.03 Å². The van der Waals surface area contributed by atoms with Crippen LogP contribution in [-0.4, -0.2) is 60.6 Å². The van der Waals surface area contributed by atoms with Crippen LogP contribution >= 0.6 is 21.3 Å². The second-order valence-corrected chi connectivity index (χ2v) is 33.2. The van der Waals surface area contributed by atoms with Gasteiger partial charge in [0.1, 0.15) is 0 Å². The summed E-state index contributed by atoms with van der Waals surface area (Å²) in [7, 11) is 4.53. The van der Waals surface area contributed by atoms with Crippen LogP contribution in [0.3, 0.4) is 0 Å². The first-order valence-electron chi connectivity index (χ1n) is 20.7. The van der Waals surface area contributed by atoms with Gasteiger partial charge in [-0.2, -0.15) is 0 Å². The van der Waals surface area contributed by atoms with Crippen LogP contribution < -0.4 is 36.7 Å². The minimum atomic E-state index is -1.83. The Balaban J connectivity index is 0.000000169. The van der Waals surface area contributed by atoms with Gasteiger partial charge in [-0.1, -0.05) is 0 Å². The summed E-state index contributed by atoms with van der Waals surface area (Å²) in [5.74, 6) is 0. The molecule has 0 atom stereocenters. The molecule has 0 N–H and O–H groups in total. The molecule has 0 aliphatic heterocycles. The van der Waals surface area contributed by atoms with Crippen molar-refractivity contribution in [2.24, 2.45) is 0 Å². The van der Waals surface area contributed by atoms with Crippen molar-refractivity contribution >= 4 is 114 Å². The summed E-state index contributed by atoms with van der Waals surface area (Å²) in [4.78, 5) is 0. The van der Waals surface area contributed by atoms with E-state index in [9.17, 15) is 5.11 Å². The van der Waals surface area contributed by atoms with E-state index in [0.717, 1.165) is 0 Å². The van der Waals surface area contributed by atoms with E-state index < -0.39 is 60.6 Å². The van der Waals surface area contributed by atoms with Crippen molar-refractivity contribution < 1.29 is 22.4 Å². The Bertz CT molecular complexity index is 2070. The molecule has 0 aliphatic rings. The molecule has 0 bridgehead atoms.